The highest BCUT2D eigenvalue weighted by Crippen LogP contribution is 2.21. The quantitative estimate of drug-likeness (QED) is 0.721. The molecule has 0 aliphatic carbocycles. The molecule has 1 aliphatic heterocycles. The monoisotopic (exact) mass is 385 g/mol. The van der Waals surface area contributed by atoms with Crippen LogP contribution in [0.25, 0.3) is 5.69 Å². The average molecular weight is 386 g/mol. The first kappa shape index (κ1) is 19.0. The number of nitrogens with one attached hydrogen (secondary N) is 2. The minimum Gasteiger partial charge on any atom is -0.371 e. The molecule has 2 N–H and O–H groups in total. The van der Waals surface area contributed by atoms with Gasteiger partial charge in [-0.25, -0.2) is 0 Å². The first-order valence-corrected chi connectivity index (χ1v) is 8.51. The SMILES string of the molecule is Cl.O=C(Nc1ccc([C@H]2CNCCO2)cc1)c1cnn(-c2ccccc2)n1. The number of para-hydroxylation sites is 1. The fraction of sp³-hybridized carbons (Fsp3) is 0.211. The molecule has 4 rings (SSSR count). The van der Waals surface area contributed by atoms with Crippen molar-refractivity contribution in [2.45, 2.75) is 6.10 Å². The van der Waals surface area contributed by atoms with E-state index in [1.54, 1.807) is 0 Å². The number of rotatable bonds is 4. The lowest BCUT2D eigenvalue weighted by molar-refractivity contribution is 0.0277. The lowest BCUT2D eigenvalue weighted by atomic mass is 10.1. The van der Waals surface area contributed by atoms with Crippen LogP contribution in [0.3, 0.4) is 0 Å². The number of hydrogen-bond donors (Lipinski definition) is 2. The van der Waals surface area contributed by atoms with Crippen LogP contribution in [0.15, 0.2) is 60.8 Å². The van der Waals surface area contributed by atoms with Crippen molar-refractivity contribution in [2.75, 3.05) is 25.0 Å². The normalized spacial score (nSPS) is 16.4. The zero-order valence-electron chi connectivity index (χ0n) is 14.5. The summed E-state index contributed by atoms with van der Waals surface area (Å²) < 4.78 is 5.73. The van der Waals surface area contributed by atoms with E-state index in [0.29, 0.717) is 12.3 Å². The average Bonchev–Trinajstić information content (AvgIpc) is 3.20. The number of carbonyl (C=O) groups is 1. The number of ether oxygens (including phenoxy) is 1. The van der Waals surface area contributed by atoms with Gasteiger partial charge in [0.1, 0.15) is 0 Å². The number of morpholine rings is 1. The number of nitrogens with zero attached hydrogens (tertiary/aromatic N) is 3. The van der Waals surface area contributed by atoms with Gasteiger partial charge in [-0.15, -0.1) is 17.5 Å². The Labute approximate surface area is 163 Å². The fourth-order valence-electron chi connectivity index (χ4n) is 2.81. The molecule has 2 aromatic carbocycles. The van der Waals surface area contributed by atoms with Gasteiger partial charge in [0.15, 0.2) is 5.69 Å². The minimum atomic E-state index is -0.296. The lowest BCUT2D eigenvalue weighted by Crippen LogP contribution is -2.33. The fourth-order valence-corrected chi connectivity index (χ4v) is 2.81. The van der Waals surface area contributed by atoms with E-state index in [1.807, 2.05) is 54.6 Å². The number of anilines is 1. The number of benzene rings is 2. The molecule has 1 aliphatic rings. The maximum Gasteiger partial charge on any atom is 0.277 e. The molecule has 0 saturated carbocycles. The molecule has 1 atom stereocenters. The van der Waals surface area contributed by atoms with Gasteiger partial charge in [0.25, 0.3) is 5.91 Å². The summed E-state index contributed by atoms with van der Waals surface area (Å²) in [6.45, 7) is 2.39. The standard InChI is InChI=1S/C19H19N5O2.ClH/c25-19(17-12-21-24(23-17)16-4-2-1-3-5-16)22-15-8-6-14(7-9-15)18-13-20-10-11-26-18;/h1-9,12,18,20H,10-11,13H2,(H,22,25);1H/t18-;/m1./s1. The van der Waals surface area contributed by atoms with Crippen molar-refractivity contribution in [2.24, 2.45) is 0 Å². The molecular weight excluding hydrogens is 366 g/mol. The summed E-state index contributed by atoms with van der Waals surface area (Å²) in [6, 6.07) is 17.1. The summed E-state index contributed by atoms with van der Waals surface area (Å²) in [4.78, 5) is 13.8. The van der Waals surface area contributed by atoms with Gasteiger partial charge in [-0.3, -0.25) is 4.79 Å². The molecule has 7 nitrogen and oxygen atoms in total. The second-order valence-electron chi connectivity index (χ2n) is 5.99. The molecular formula is C19H20ClN5O2. The Kier molecular flexibility index (Phi) is 6.18. The molecule has 0 unspecified atom stereocenters. The van der Waals surface area contributed by atoms with Crippen molar-refractivity contribution >= 4 is 24.0 Å². The van der Waals surface area contributed by atoms with Gasteiger partial charge >= 0.3 is 0 Å². The van der Waals surface area contributed by atoms with Crippen LogP contribution in [-0.4, -0.2) is 40.6 Å². The Morgan fingerprint density at radius 2 is 1.93 bits per heavy atom. The maximum atomic E-state index is 12.4. The molecule has 2 heterocycles. The number of amides is 1. The minimum absolute atomic E-state index is 0. The predicted octanol–water partition coefficient (Wildman–Crippen LogP) is 2.60. The molecule has 140 valence electrons. The van der Waals surface area contributed by atoms with Gasteiger partial charge in [-0.1, -0.05) is 30.3 Å². The molecule has 3 aromatic rings. The van der Waals surface area contributed by atoms with Crippen molar-refractivity contribution in [3.63, 3.8) is 0 Å². The second-order valence-corrected chi connectivity index (χ2v) is 5.99. The van der Waals surface area contributed by atoms with Crippen molar-refractivity contribution < 1.29 is 9.53 Å². The zero-order chi connectivity index (χ0) is 17.8. The molecule has 0 bridgehead atoms. The van der Waals surface area contributed by atoms with E-state index in [-0.39, 0.29) is 30.1 Å². The second kappa shape index (κ2) is 8.77. The Balaban J connectivity index is 0.00000210. The first-order chi connectivity index (χ1) is 12.8. The Hall–Kier alpha value is -2.74. The van der Waals surface area contributed by atoms with E-state index in [9.17, 15) is 4.79 Å². The van der Waals surface area contributed by atoms with Crippen LogP contribution in [-0.2, 0) is 4.74 Å². The Morgan fingerprint density at radius 3 is 2.63 bits per heavy atom. The highest BCUT2D eigenvalue weighted by Gasteiger charge is 2.16. The van der Waals surface area contributed by atoms with Crippen LogP contribution in [0.4, 0.5) is 5.69 Å². The summed E-state index contributed by atoms with van der Waals surface area (Å²) in [5.74, 6) is -0.296. The topological polar surface area (TPSA) is 81.1 Å². The van der Waals surface area contributed by atoms with Crippen LogP contribution in [0.1, 0.15) is 22.2 Å². The van der Waals surface area contributed by atoms with Gasteiger partial charge < -0.3 is 15.4 Å². The molecule has 27 heavy (non-hydrogen) atoms. The molecule has 1 saturated heterocycles. The van der Waals surface area contributed by atoms with Crippen LogP contribution in [0.5, 0.6) is 0 Å². The number of halogens is 1. The van der Waals surface area contributed by atoms with Crippen LogP contribution in [0, 0.1) is 0 Å². The summed E-state index contributed by atoms with van der Waals surface area (Å²) in [6.07, 6.45) is 1.51. The number of hydrogen-bond acceptors (Lipinski definition) is 5. The molecule has 1 fully saturated rings. The molecule has 0 radical (unpaired) electrons. The summed E-state index contributed by atoms with van der Waals surface area (Å²) in [7, 11) is 0. The molecule has 0 spiro atoms. The summed E-state index contributed by atoms with van der Waals surface area (Å²) >= 11 is 0. The van der Waals surface area contributed by atoms with Crippen molar-refractivity contribution in [3.8, 4) is 5.69 Å². The third kappa shape index (κ3) is 4.51. The van der Waals surface area contributed by atoms with Gasteiger partial charge in [-0.05, 0) is 29.8 Å². The third-order valence-corrected chi connectivity index (χ3v) is 4.18. The van der Waals surface area contributed by atoms with E-state index in [0.717, 1.165) is 24.3 Å². The smallest absolute Gasteiger partial charge is 0.277 e. The van der Waals surface area contributed by atoms with Gasteiger partial charge in [-0.2, -0.15) is 9.90 Å². The van der Waals surface area contributed by atoms with Crippen LogP contribution < -0.4 is 10.6 Å². The summed E-state index contributed by atoms with van der Waals surface area (Å²) in [5.41, 5.74) is 2.86. The van der Waals surface area contributed by atoms with E-state index in [2.05, 4.69) is 20.8 Å². The van der Waals surface area contributed by atoms with Gasteiger partial charge in [0.05, 0.1) is 24.6 Å². The van der Waals surface area contributed by atoms with Gasteiger partial charge in [0, 0.05) is 18.8 Å². The van der Waals surface area contributed by atoms with Crippen molar-refractivity contribution in [1.29, 1.82) is 0 Å². The number of carbonyl (C=O) groups excluding carboxylic acids is 1. The Morgan fingerprint density at radius 1 is 1.15 bits per heavy atom. The van der Waals surface area contributed by atoms with Crippen LogP contribution >= 0.6 is 12.4 Å². The van der Waals surface area contributed by atoms with E-state index < -0.39 is 0 Å². The first-order valence-electron chi connectivity index (χ1n) is 8.51. The summed E-state index contributed by atoms with van der Waals surface area (Å²) in [5, 5.41) is 14.5. The van der Waals surface area contributed by atoms with E-state index in [4.69, 9.17) is 4.74 Å². The predicted molar refractivity (Wildman–Crippen MR) is 105 cm³/mol. The zero-order valence-corrected chi connectivity index (χ0v) is 15.4. The highest BCUT2D eigenvalue weighted by atomic mass is 35.5. The van der Waals surface area contributed by atoms with Crippen molar-refractivity contribution in [3.05, 3.63) is 72.1 Å². The third-order valence-electron chi connectivity index (χ3n) is 4.18. The molecule has 1 aromatic heterocycles. The lowest BCUT2D eigenvalue weighted by Gasteiger charge is -2.24. The largest absolute Gasteiger partial charge is 0.371 e. The Bertz CT molecular complexity index is 877. The van der Waals surface area contributed by atoms with E-state index >= 15 is 0 Å². The molecule has 1 amide bonds. The maximum absolute atomic E-state index is 12.4. The highest BCUT2D eigenvalue weighted by molar-refractivity contribution is 6.02. The number of aromatic nitrogens is 3. The van der Waals surface area contributed by atoms with Gasteiger partial charge in [0.2, 0.25) is 0 Å². The van der Waals surface area contributed by atoms with Crippen LogP contribution in [0.2, 0.25) is 0 Å². The van der Waals surface area contributed by atoms with Crippen molar-refractivity contribution in [1.82, 2.24) is 20.3 Å². The van der Waals surface area contributed by atoms with E-state index in [1.165, 1.54) is 11.0 Å². The molecule has 8 heteroatoms.